The first-order valence-electron chi connectivity index (χ1n) is 14.4. The highest BCUT2D eigenvalue weighted by Crippen LogP contribution is 2.32. The van der Waals surface area contributed by atoms with Crippen molar-refractivity contribution in [2.24, 2.45) is 11.7 Å². The van der Waals surface area contributed by atoms with E-state index in [2.05, 4.69) is 15.1 Å². The molecule has 0 aliphatic carbocycles. The van der Waals surface area contributed by atoms with Crippen molar-refractivity contribution >= 4 is 51.6 Å². The summed E-state index contributed by atoms with van der Waals surface area (Å²) >= 11 is 12.6. The molecule has 0 bridgehead atoms. The second-order valence-corrected chi connectivity index (χ2v) is 11.8. The Balaban J connectivity index is 1.26. The minimum absolute atomic E-state index is 0.247. The topological polar surface area (TPSA) is 110 Å². The molecule has 4 rings (SSSR count). The maximum Gasteiger partial charge on any atom is 0.257 e. The van der Waals surface area contributed by atoms with Gasteiger partial charge < -0.3 is 20.7 Å². The first-order chi connectivity index (χ1) is 20.1. The van der Waals surface area contributed by atoms with E-state index in [1.54, 1.807) is 18.2 Å². The zero-order chi connectivity index (χ0) is 30.2. The summed E-state index contributed by atoms with van der Waals surface area (Å²) in [6.45, 7) is 8.78. The number of rotatable bonds is 12. The number of nitrogens with two attached hydrogens (primary N) is 1. The lowest BCUT2D eigenvalue weighted by Crippen LogP contribution is -2.46. The van der Waals surface area contributed by atoms with E-state index in [4.69, 9.17) is 33.7 Å². The van der Waals surface area contributed by atoms with Gasteiger partial charge in [-0.05, 0) is 67.4 Å². The van der Waals surface area contributed by atoms with Crippen LogP contribution in [-0.4, -0.2) is 73.2 Å². The third-order valence-electron chi connectivity index (χ3n) is 7.38. The molecule has 42 heavy (non-hydrogen) atoms. The summed E-state index contributed by atoms with van der Waals surface area (Å²) in [5.74, 6) is -0.131. The minimum Gasteiger partial charge on any atom is -0.494 e. The smallest absolute Gasteiger partial charge is 0.257 e. The van der Waals surface area contributed by atoms with Crippen LogP contribution in [0.1, 0.15) is 37.9 Å². The van der Waals surface area contributed by atoms with Gasteiger partial charge in [-0.25, -0.2) is 4.57 Å². The predicted molar refractivity (Wildman–Crippen MR) is 169 cm³/mol. The molecule has 1 aromatic heterocycles. The van der Waals surface area contributed by atoms with E-state index in [0.29, 0.717) is 34.3 Å². The van der Waals surface area contributed by atoms with Crippen molar-refractivity contribution < 1.29 is 14.3 Å². The number of ether oxygens (including phenoxy) is 1. The molecule has 1 saturated heterocycles. The number of hydrogen-bond donors (Lipinski definition) is 2. The SMILES string of the molecule is CC(C)CC(N)C(=O)NCC(=O)n1c(=O)ccc2ccc(OCCCCN3CCN(c4cccc(Cl)c4Cl)CC3)cc21. The maximum absolute atomic E-state index is 13.0. The number of benzene rings is 2. The summed E-state index contributed by atoms with van der Waals surface area (Å²) in [4.78, 5) is 42.6. The number of unbranched alkanes of at least 4 members (excludes halogenated alkanes) is 1. The Morgan fingerprint density at radius 3 is 2.50 bits per heavy atom. The number of carbonyl (C=O) groups is 2. The average molecular weight is 617 g/mol. The number of aromatic nitrogens is 1. The summed E-state index contributed by atoms with van der Waals surface area (Å²) in [5, 5.41) is 4.46. The quantitative estimate of drug-likeness (QED) is 0.290. The van der Waals surface area contributed by atoms with Gasteiger partial charge >= 0.3 is 0 Å². The molecule has 2 heterocycles. The van der Waals surface area contributed by atoms with E-state index in [1.807, 2.05) is 38.1 Å². The largest absolute Gasteiger partial charge is 0.494 e. The van der Waals surface area contributed by atoms with E-state index in [0.717, 1.165) is 61.2 Å². The summed E-state index contributed by atoms with van der Waals surface area (Å²) in [6, 6.07) is 13.4. The Labute approximate surface area is 256 Å². The van der Waals surface area contributed by atoms with E-state index in [1.165, 1.54) is 6.07 Å². The van der Waals surface area contributed by atoms with Gasteiger partial charge in [0, 0.05) is 38.3 Å². The number of piperazine rings is 1. The number of carbonyl (C=O) groups excluding carboxylic acids is 2. The van der Waals surface area contributed by atoms with Crippen molar-refractivity contribution in [1.82, 2.24) is 14.8 Å². The van der Waals surface area contributed by atoms with E-state index in [-0.39, 0.29) is 12.5 Å². The molecule has 1 aliphatic heterocycles. The van der Waals surface area contributed by atoms with Crippen molar-refractivity contribution in [3.05, 3.63) is 68.9 Å². The van der Waals surface area contributed by atoms with Crippen LogP contribution in [0.15, 0.2) is 53.3 Å². The number of anilines is 1. The van der Waals surface area contributed by atoms with E-state index < -0.39 is 23.4 Å². The highest BCUT2D eigenvalue weighted by molar-refractivity contribution is 6.43. The molecule has 1 aliphatic rings. The molecule has 0 radical (unpaired) electrons. The number of nitrogens with one attached hydrogen (secondary N) is 1. The number of amides is 1. The fourth-order valence-corrected chi connectivity index (χ4v) is 5.54. The summed E-state index contributed by atoms with van der Waals surface area (Å²) in [5.41, 5.74) is 6.86. The zero-order valence-electron chi connectivity index (χ0n) is 24.2. The van der Waals surface area contributed by atoms with Crippen LogP contribution in [-0.2, 0) is 4.79 Å². The molecule has 0 saturated carbocycles. The molecule has 2 aromatic carbocycles. The average Bonchev–Trinajstić information content (AvgIpc) is 2.97. The van der Waals surface area contributed by atoms with Crippen LogP contribution in [0.5, 0.6) is 5.75 Å². The highest BCUT2D eigenvalue weighted by Gasteiger charge is 2.20. The molecular formula is C31H39Cl2N5O4. The lowest BCUT2D eigenvalue weighted by Gasteiger charge is -2.36. The van der Waals surface area contributed by atoms with Crippen molar-refractivity contribution in [2.45, 2.75) is 39.2 Å². The Hall–Kier alpha value is -3.11. The molecule has 1 unspecified atom stereocenters. The Morgan fingerprint density at radius 1 is 1.02 bits per heavy atom. The molecule has 0 spiro atoms. The van der Waals surface area contributed by atoms with Crippen LogP contribution in [0.2, 0.25) is 10.0 Å². The molecule has 1 atom stereocenters. The van der Waals surface area contributed by atoms with Crippen LogP contribution in [0, 0.1) is 5.92 Å². The fourth-order valence-electron chi connectivity index (χ4n) is 5.12. The molecule has 11 heteroatoms. The summed E-state index contributed by atoms with van der Waals surface area (Å²) in [6.07, 6.45) is 2.35. The Kier molecular flexibility index (Phi) is 11.3. The van der Waals surface area contributed by atoms with Crippen LogP contribution < -0.4 is 26.2 Å². The van der Waals surface area contributed by atoms with Gasteiger partial charge in [0.1, 0.15) is 5.75 Å². The zero-order valence-corrected chi connectivity index (χ0v) is 25.7. The molecule has 9 nitrogen and oxygen atoms in total. The first-order valence-corrected chi connectivity index (χ1v) is 15.2. The molecule has 3 N–H and O–H groups in total. The van der Waals surface area contributed by atoms with Gasteiger partial charge in [-0.15, -0.1) is 0 Å². The lowest BCUT2D eigenvalue weighted by atomic mass is 10.0. The van der Waals surface area contributed by atoms with E-state index in [9.17, 15) is 14.4 Å². The highest BCUT2D eigenvalue weighted by atomic mass is 35.5. The van der Waals surface area contributed by atoms with Crippen molar-refractivity contribution in [3.8, 4) is 5.75 Å². The predicted octanol–water partition coefficient (Wildman–Crippen LogP) is 4.42. The van der Waals surface area contributed by atoms with Crippen molar-refractivity contribution in [3.63, 3.8) is 0 Å². The minimum atomic E-state index is -0.709. The second-order valence-electron chi connectivity index (χ2n) is 11.0. The lowest BCUT2D eigenvalue weighted by molar-refractivity contribution is -0.122. The van der Waals surface area contributed by atoms with Crippen molar-refractivity contribution in [2.75, 3.05) is 50.8 Å². The third kappa shape index (κ3) is 8.25. The van der Waals surface area contributed by atoms with Gasteiger partial charge in [-0.2, -0.15) is 0 Å². The maximum atomic E-state index is 13.0. The van der Waals surface area contributed by atoms with Gasteiger partial charge in [-0.3, -0.25) is 19.3 Å². The van der Waals surface area contributed by atoms with E-state index >= 15 is 0 Å². The number of pyridine rings is 1. The Bertz CT molecular complexity index is 1450. The monoisotopic (exact) mass is 615 g/mol. The van der Waals surface area contributed by atoms with Crippen LogP contribution in [0.4, 0.5) is 5.69 Å². The van der Waals surface area contributed by atoms with Gasteiger partial charge in [0.2, 0.25) is 5.91 Å². The number of fused-ring (bicyclic) bond motifs is 1. The van der Waals surface area contributed by atoms with Crippen LogP contribution in [0.3, 0.4) is 0 Å². The van der Waals surface area contributed by atoms with Crippen LogP contribution in [0.25, 0.3) is 10.9 Å². The standard InChI is InChI=1S/C31H39Cl2N5O4/c1-21(2)18-25(34)31(41)35-20-29(40)38-27-19-23(10-8-22(27)9-11-28(38)39)42-17-4-3-12-36-13-15-37(16-14-36)26-7-5-6-24(32)30(26)33/h5-11,19,21,25H,3-4,12-18,20,34H2,1-2H3,(H,35,41). The number of halogens is 2. The normalized spacial score (nSPS) is 14.8. The summed E-state index contributed by atoms with van der Waals surface area (Å²) < 4.78 is 7.05. The third-order valence-corrected chi connectivity index (χ3v) is 8.18. The molecule has 1 fully saturated rings. The first kappa shape index (κ1) is 31.8. The molecule has 226 valence electrons. The Morgan fingerprint density at radius 2 is 1.76 bits per heavy atom. The van der Waals surface area contributed by atoms with Gasteiger partial charge in [0.05, 0.1) is 40.4 Å². The number of hydrogen-bond acceptors (Lipinski definition) is 7. The molecule has 3 aromatic rings. The van der Waals surface area contributed by atoms with Gasteiger partial charge in [0.15, 0.2) is 0 Å². The van der Waals surface area contributed by atoms with Gasteiger partial charge in [0.25, 0.3) is 11.5 Å². The van der Waals surface area contributed by atoms with Gasteiger partial charge in [-0.1, -0.05) is 43.1 Å². The second kappa shape index (κ2) is 14.9. The van der Waals surface area contributed by atoms with Crippen molar-refractivity contribution in [1.29, 1.82) is 0 Å². The summed E-state index contributed by atoms with van der Waals surface area (Å²) in [7, 11) is 0. The molecule has 1 amide bonds. The van der Waals surface area contributed by atoms with Crippen LogP contribution >= 0.6 is 23.2 Å². The number of nitrogens with zero attached hydrogens (tertiary/aromatic N) is 3. The molecular weight excluding hydrogens is 577 g/mol. The fraction of sp³-hybridized carbons (Fsp3) is 0.452.